The first-order valence-electron chi connectivity index (χ1n) is 9.41. The van der Waals surface area contributed by atoms with E-state index in [1.54, 1.807) is 0 Å². The van der Waals surface area contributed by atoms with Crippen molar-refractivity contribution in [1.82, 2.24) is 0 Å². The number of rotatable bonds is 6. The molecule has 2 unspecified atom stereocenters. The molecule has 148 valence electrons. The predicted molar refractivity (Wildman–Crippen MR) is 100 cm³/mol. The van der Waals surface area contributed by atoms with Gasteiger partial charge in [-0.3, -0.25) is 0 Å². The van der Waals surface area contributed by atoms with Crippen LogP contribution in [0.5, 0.6) is 0 Å². The Kier molecular flexibility index (Phi) is 6.14. The third-order valence-corrected chi connectivity index (χ3v) is 5.13. The van der Waals surface area contributed by atoms with Crippen LogP contribution >= 0.6 is 0 Å². The molecule has 2 aromatic rings. The van der Waals surface area contributed by atoms with E-state index in [1.165, 1.54) is 7.11 Å². The fraction of sp³-hybridized carbons (Fsp3) is 0.409. The molecular formula is C22H24O6. The molecule has 0 bridgehead atoms. The lowest BCUT2D eigenvalue weighted by Crippen LogP contribution is -2.60. The Hall–Kier alpha value is -2.09. The van der Waals surface area contributed by atoms with Crippen LogP contribution in [0, 0.1) is 5.92 Å². The molecule has 6 heteroatoms. The normalized spacial score (nSPS) is 32.5. The fourth-order valence-electron chi connectivity index (χ4n) is 3.70. The van der Waals surface area contributed by atoms with Crippen LogP contribution in [-0.4, -0.2) is 44.6 Å². The highest BCUT2D eigenvalue weighted by atomic mass is 16.7. The zero-order valence-corrected chi connectivity index (χ0v) is 15.7. The number of carbonyl (C=O) groups is 1. The molecule has 0 spiro atoms. The number of methoxy groups -OCH3 is 1. The zero-order valence-electron chi connectivity index (χ0n) is 15.7. The van der Waals surface area contributed by atoms with Crippen LogP contribution in [0.15, 0.2) is 60.7 Å². The van der Waals surface area contributed by atoms with E-state index < -0.39 is 30.7 Å². The van der Waals surface area contributed by atoms with Gasteiger partial charge in [-0.1, -0.05) is 60.7 Å². The number of fused-ring (bicyclic) bond motifs is 1. The Morgan fingerprint density at radius 1 is 1.04 bits per heavy atom. The van der Waals surface area contributed by atoms with Crippen LogP contribution in [0.25, 0.3) is 0 Å². The van der Waals surface area contributed by atoms with E-state index in [4.69, 9.17) is 23.7 Å². The van der Waals surface area contributed by atoms with Crippen molar-refractivity contribution in [1.29, 1.82) is 0 Å². The van der Waals surface area contributed by atoms with Gasteiger partial charge in [0.2, 0.25) is 0 Å². The van der Waals surface area contributed by atoms with Crippen molar-refractivity contribution in [3.63, 3.8) is 0 Å². The lowest BCUT2D eigenvalue weighted by Gasteiger charge is -2.47. The van der Waals surface area contributed by atoms with Crippen LogP contribution in [-0.2, 0) is 35.1 Å². The summed E-state index contributed by atoms with van der Waals surface area (Å²) in [5, 5.41) is 0. The minimum absolute atomic E-state index is 0.334. The Morgan fingerprint density at radius 3 is 2.43 bits per heavy atom. The summed E-state index contributed by atoms with van der Waals surface area (Å²) < 4.78 is 29.6. The average Bonchev–Trinajstić information content (AvgIpc) is 2.77. The standard InChI is InChI=1S/C22H24O6/c1-24-22-17(12-23)19(25-13-15-8-4-2-5-9-15)20-18(27-22)14-26-21(28-20)16-10-6-3-7-11-16/h2-12,17-22H,13-14H2,1H3/t17?,18-,19-,20-,21?,22+/m1/s1. The molecule has 0 N–H and O–H groups in total. The molecule has 0 radical (unpaired) electrons. The maximum absolute atomic E-state index is 11.9. The first-order valence-corrected chi connectivity index (χ1v) is 9.41. The minimum Gasteiger partial charge on any atom is -0.370 e. The van der Waals surface area contributed by atoms with Crippen molar-refractivity contribution >= 4 is 6.29 Å². The van der Waals surface area contributed by atoms with E-state index in [0.717, 1.165) is 17.4 Å². The molecule has 6 atom stereocenters. The number of aldehydes is 1. The molecule has 2 aliphatic heterocycles. The summed E-state index contributed by atoms with van der Waals surface area (Å²) >= 11 is 0. The maximum Gasteiger partial charge on any atom is 0.184 e. The molecule has 2 fully saturated rings. The van der Waals surface area contributed by atoms with Gasteiger partial charge in [-0.05, 0) is 5.56 Å². The Morgan fingerprint density at radius 2 is 1.75 bits per heavy atom. The summed E-state index contributed by atoms with van der Waals surface area (Å²) in [5.41, 5.74) is 1.94. The van der Waals surface area contributed by atoms with Gasteiger partial charge in [0.1, 0.15) is 24.6 Å². The largest absolute Gasteiger partial charge is 0.370 e. The Labute approximate surface area is 164 Å². The summed E-state index contributed by atoms with van der Waals surface area (Å²) in [5.74, 6) is -0.593. The van der Waals surface area contributed by atoms with Crippen molar-refractivity contribution in [2.45, 2.75) is 37.5 Å². The number of benzene rings is 2. The van der Waals surface area contributed by atoms with Gasteiger partial charge < -0.3 is 28.5 Å². The Bertz CT molecular complexity index is 752. The quantitative estimate of drug-likeness (QED) is 0.714. The number of hydrogen-bond donors (Lipinski definition) is 0. The topological polar surface area (TPSA) is 63.2 Å². The van der Waals surface area contributed by atoms with Gasteiger partial charge in [0.15, 0.2) is 12.6 Å². The van der Waals surface area contributed by atoms with E-state index in [9.17, 15) is 4.79 Å². The molecule has 0 aromatic heterocycles. The second-order valence-corrected chi connectivity index (χ2v) is 6.93. The average molecular weight is 384 g/mol. The molecular weight excluding hydrogens is 360 g/mol. The van der Waals surface area contributed by atoms with E-state index in [2.05, 4.69) is 0 Å². The molecule has 2 saturated heterocycles. The lowest BCUT2D eigenvalue weighted by molar-refractivity contribution is -0.350. The number of carbonyl (C=O) groups excluding carboxylic acids is 1. The summed E-state index contributed by atoms with van der Waals surface area (Å²) in [4.78, 5) is 11.9. The molecule has 6 nitrogen and oxygen atoms in total. The smallest absolute Gasteiger partial charge is 0.184 e. The third-order valence-electron chi connectivity index (χ3n) is 5.13. The molecule has 2 aliphatic rings. The molecule has 2 heterocycles. The summed E-state index contributed by atoms with van der Waals surface area (Å²) in [6.45, 7) is 0.705. The van der Waals surface area contributed by atoms with Gasteiger partial charge in [-0.25, -0.2) is 0 Å². The molecule has 0 amide bonds. The lowest BCUT2D eigenvalue weighted by atomic mass is 9.91. The van der Waals surface area contributed by atoms with Crippen molar-refractivity contribution in [2.75, 3.05) is 13.7 Å². The third kappa shape index (κ3) is 4.01. The van der Waals surface area contributed by atoms with Gasteiger partial charge in [0.05, 0.1) is 19.1 Å². The summed E-state index contributed by atoms with van der Waals surface area (Å²) in [6, 6.07) is 19.5. The van der Waals surface area contributed by atoms with Crippen LogP contribution in [0.2, 0.25) is 0 Å². The summed E-state index contributed by atoms with van der Waals surface area (Å²) in [7, 11) is 1.52. The molecule has 0 saturated carbocycles. The van der Waals surface area contributed by atoms with Crippen LogP contribution < -0.4 is 0 Å². The van der Waals surface area contributed by atoms with Crippen molar-refractivity contribution in [2.24, 2.45) is 5.92 Å². The highest BCUT2D eigenvalue weighted by molar-refractivity contribution is 5.56. The van der Waals surface area contributed by atoms with E-state index in [1.807, 2.05) is 60.7 Å². The molecule has 0 aliphatic carbocycles. The van der Waals surface area contributed by atoms with Crippen molar-refractivity contribution in [3.8, 4) is 0 Å². The van der Waals surface area contributed by atoms with Gasteiger partial charge in [-0.15, -0.1) is 0 Å². The monoisotopic (exact) mass is 384 g/mol. The van der Waals surface area contributed by atoms with E-state index >= 15 is 0 Å². The Balaban J connectivity index is 1.55. The number of ether oxygens (including phenoxy) is 5. The van der Waals surface area contributed by atoms with E-state index in [-0.39, 0.29) is 6.10 Å². The highest BCUT2D eigenvalue weighted by Crippen LogP contribution is 2.37. The maximum atomic E-state index is 11.9. The fourth-order valence-corrected chi connectivity index (χ4v) is 3.70. The van der Waals surface area contributed by atoms with Crippen LogP contribution in [0.3, 0.4) is 0 Å². The molecule has 4 rings (SSSR count). The van der Waals surface area contributed by atoms with Gasteiger partial charge in [0.25, 0.3) is 0 Å². The minimum atomic E-state index is -0.694. The van der Waals surface area contributed by atoms with Crippen LogP contribution in [0.4, 0.5) is 0 Å². The first-order chi connectivity index (χ1) is 13.8. The summed E-state index contributed by atoms with van der Waals surface area (Å²) in [6.07, 6.45) is -1.71. The zero-order chi connectivity index (χ0) is 19.3. The predicted octanol–water partition coefficient (Wildman–Crippen LogP) is 2.87. The second-order valence-electron chi connectivity index (χ2n) is 6.93. The second kappa shape index (κ2) is 8.94. The van der Waals surface area contributed by atoms with Crippen molar-refractivity contribution in [3.05, 3.63) is 71.8 Å². The SMILES string of the molecule is CO[C@H]1O[C@@H]2COC(c3ccccc3)O[C@H]2[C@H](OCc2ccccc2)C1C=O. The van der Waals surface area contributed by atoms with Crippen LogP contribution in [0.1, 0.15) is 17.4 Å². The van der Waals surface area contributed by atoms with E-state index in [0.29, 0.717) is 13.2 Å². The molecule has 28 heavy (non-hydrogen) atoms. The number of hydrogen-bond acceptors (Lipinski definition) is 6. The van der Waals surface area contributed by atoms with Gasteiger partial charge in [0, 0.05) is 12.7 Å². The van der Waals surface area contributed by atoms with Gasteiger partial charge >= 0.3 is 0 Å². The molecule has 2 aromatic carbocycles. The first kappa shape index (κ1) is 19.2. The van der Waals surface area contributed by atoms with Crippen molar-refractivity contribution < 1.29 is 28.5 Å². The highest BCUT2D eigenvalue weighted by Gasteiger charge is 2.50. The van der Waals surface area contributed by atoms with Gasteiger partial charge in [-0.2, -0.15) is 0 Å².